The van der Waals surface area contributed by atoms with Gasteiger partial charge in [0.05, 0.1) is 6.10 Å². The van der Waals surface area contributed by atoms with E-state index in [1.807, 2.05) is 36.1 Å². The van der Waals surface area contributed by atoms with Gasteiger partial charge in [0.2, 0.25) is 0 Å². The fourth-order valence-corrected chi connectivity index (χ4v) is 2.63. The van der Waals surface area contributed by atoms with Crippen LogP contribution in [0.15, 0.2) is 24.3 Å². The molecular weight excluding hydrogens is 341 g/mol. The van der Waals surface area contributed by atoms with E-state index in [2.05, 4.69) is 22.6 Å². The van der Waals surface area contributed by atoms with E-state index in [4.69, 9.17) is 4.74 Å². The Kier molecular flexibility index (Phi) is 5.00. The zero-order valence-corrected chi connectivity index (χ0v) is 12.7. The van der Waals surface area contributed by atoms with Crippen LogP contribution >= 0.6 is 22.6 Å². The topological polar surface area (TPSA) is 29.5 Å². The molecule has 0 aliphatic carbocycles. The number of carbonyl (C=O) groups excluding carboxylic acids is 1. The van der Waals surface area contributed by atoms with Gasteiger partial charge in [0, 0.05) is 28.8 Å². The number of nitrogens with zero attached hydrogens (tertiary/aromatic N) is 1. The Balaban J connectivity index is 2.02. The summed E-state index contributed by atoms with van der Waals surface area (Å²) in [5.74, 6) is 0.121. The van der Waals surface area contributed by atoms with Gasteiger partial charge in [-0.05, 0) is 66.6 Å². The van der Waals surface area contributed by atoms with Crippen molar-refractivity contribution in [1.29, 1.82) is 0 Å². The Labute approximate surface area is 122 Å². The predicted molar refractivity (Wildman–Crippen MR) is 79.7 cm³/mol. The summed E-state index contributed by atoms with van der Waals surface area (Å²) in [6.45, 7) is 4.28. The third kappa shape index (κ3) is 3.45. The third-order valence-electron chi connectivity index (χ3n) is 3.16. The lowest BCUT2D eigenvalue weighted by Crippen LogP contribution is -2.43. The molecule has 1 heterocycles. The van der Waals surface area contributed by atoms with E-state index >= 15 is 0 Å². The van der Waals surface area contributed by atoms with Gasteiger partial charge in [-0.3, -0.25) is 4.79 Å². The maximum Gasteiger partial charge on any atom is 0.253 e. The monoisotopic (exact) mass is 359 g/mol. The summed E-state index contributed by atoms with van der Waals surface area (Å²) < 4.78 is 6.77. The molecule has 1 aliphatic rings. The van der Waals surface area contributed by atoms with E-state index in [1.165, 1.54) is 0 Å². The number of ether oxygens (including phenoxy) is 1. The van der Waals surface area contributed by atoms with Crippen molar-refractivity contribution in [2.24, 2.45) is 0 Å². The fraction of sp³-hybridized carbons (Fsp3) is 0.500. The highest BCUT2D eigenvalue weighted by Gasteiger charge is 2.24. The van der Waals surface area contributed by atoms with Crippen molar-refractivity contribution >= 4 is 28.5 Å². The zero-order chi connectivity index (χ0) is 13.0. The van der Waals surface area contributed by atoms with Crippen LogP contribution in [0.1, 0.15) is 30.1 Å². The SMILES string of the molecule is CCOC1CCCN(C(=O)c2ccc(I)cc2)C1. The van der Waals surface area contributed by atoms with E-state index in [9.17, 15) is 4.79 Å². The first kappa shape index (κ1) is 13.8. The number of halogens is 1. The average Bonchev–Trinajstić information content (AvgIpc) is 2.39. The van der Waals surface area contributed by atoms with E-state index < -0.39 is 0 Å². The number of carbonyl (C=O) groups is 1. The maximum atomic E-state index is 12.3. The zero-order valence-electron chi connectivity index (χ0n) is 10.6. The highest BCUT2D eigenvalue weighted by molar-refractivity contribution is 14.1. The summed E-state index contributed by atoms with van der Waals surface area (Å²) in [6.07, 6.45) is 2.29. The predicted octanol–water partition coefficient (Wildman–Crippen LogP) is 2.93. The lowest BCUT2D eigenvalue weighted by molar-refractivity contribution is 0.00724. The second-order valence-electron chi connectivity index (χ2n) is 4.48. The molecular formula is C14H18INO2. The molecule has 0 spiro atoms. The first-order valence-corrected chi connectivity index (χ1v) is 7.45. The molecule has 1 fully saturated rings. The van der Waals surface area contributed by atoms with Crippen molar-refractivity contribution in [2.75, 3.05) is 19.7 Å². The molecule has 0 bridgehead atoms. The second-order valence-corrected chi connectivity index (χ2v) is 5.72. The summed E-state index contributed by atoms with van der Waals surface area (Å²) >= 11 is 2.24. The van der Waals surface area contributed by atoms with E-state index in [0.29, 0.717) is 0 Å². The van der Waals surface area contributed by atoms with Crippen molar-refractivity contribution in [2.45, 2.75) is 25.9 Å². The van der Waals surface area contributed by atoms with Gasteiger partial charge < -0.3 is 9.64 Å². The van der Waals surface area contributed by atoms with Crippen LogP contribution in [-0.4, -0.2) is 36.6 Å². The van der Waals surface area contributed by atoms with Crippen molar-refractivity contribution in [3.8, 4) is 0 Å². The number of hydrogen-bond donors (Lipinski definition) is 0. The normalized spacial score (nSPS) is 19.9. The van der Waals surface area contributed by atoms with E-state index in [-0.39, 0.29) is 12.0 Å². The highest BCUT2D eigenvalue weighted by Crippen LogP contribution is 2.16. The number of amides is 1. The van der Waals surface area contributed by atoms with Crippen LogP contribution < -0.4 is 0 Å². The van der Waals surface area contributed by atoms with Crippen LogP contribution in [0.2, 0.25) is 0 Å². The summed E-state index contributed by atoms with van der Waals surface area (Å²) in [4.78, 5) is 14.2. The van der Waals surface area contributed by atoms with Gasteiger partial charge in [0.15, 0.2) is 0 Å². The Morgan fingerprint density at radius 2 is 2.17 bits per heavy atom. The van der Waals surface area contributed by atoms with Gasteiger partial charge in [-0.2, -0.15) is 0 Å². The van der Waals surface area contributed by atoms with Gasteiger partial charge >= 0.3 is 0 Å². The summed E-state index contributed by atoms with van der Waals surface area (Å²) in [6, 6.07) is 7.73. The quantitative estimate of drug-likeness (QED) is 0.777. The number of benzene rings is 1. The van der Waals surface area contributed by atoms with Crippen molar-refractivity contribution in [3.63, 3.8) is 0 Å². The molecule has 1 amide bonds. The number of likely N-dealkylation sites (tertiary alicyclic amines) is 1. The van der Waals surface area contributed by atoms with Gasteiger partial charge in [0.1, 0.15) is 0 Å². The Hall–Kier alpha value is -0.620. The Morgan fingerprint density at radius 1 is 1.44 bits per heavy atom. The lowest BCUT2D eigenvalue weighted by atomic mass is 10.1. The average molecular weight is 359 g/mol. The summed E-state index contributed by atoms with van der Waals surface area (Å²) in [7, 11) is 0. The molecule has 1 unspecified atom stereocenters. The smallest absolute Gasteiger partial charge is 0.253 e. The van der Waals surface area contributed by atoms with E-state index in [1.54, 1.807) is 0 Å². The molecule has 0 aromatic heterocycles. The standard InChI is InChI=1S/C14H18INO2/c1-2-18-13-4-3-9-16(10-13)14(17)11-5-7-12(15)8-6-11/h5-8,13H,2-4,9-10H2,1H3. The van der Waals surface area contributed by atoms with Gasteiger partial charge in [-0.15, -0.1) is 0 Å². The molecule has 2 rings (SSSR count). The molecule has 0 radical (unpaired) electrons. The molecule has 0 saturated carbocycles. The van der Waals surface area contributed by atoms with Crippen LogP contribution in [0.4, 0.5) is 0 Å². The molecule has 4 heteroatoms. The molecule has 1 saturated heterocycles. The van der Waals surface area contributed by atoms with Crippen molar-refractivity contribution in [1.82, 2.24) is 4.90 Å². The van der Waals surface area contributed by atoms with E-state index in [0.717, 1.165) is 41.7 Å². The van der Waals surface area contributed by atoms with Crippen LogP contribution in [0.5, 0.6) is 0 Å². The molecule has 3 nitrogen and oxygen atoms in total. The Bertz CT molecular complexity index is 403. The largest absolute Gasteiger partial charge is 0.377 e. The van der Waals surface area contributed by atoms with Gasteiger partial charge in [-0.1, -0.05) is 0 Å². The molecule has 1 atom stereocenters. The number of rotatable bonds is 3. The number of hydrogen-bond acceptors (Lipinski definition) is 2. The van der Waals surface area contributed by atoms with Gasteiger partial charge in [-0.25, -0.2) is 0 Å². The maximum absolute atomic E-state index is 12.3. The fourth-order valence-electron chi connectivity index (χ4n) is 2.27. The molecule has 1 aromatic carbocycles. The van der Waals surface area contributed by atoms with Gasteiger partial charge in [0.25, 0.3) is 5.91 Å². The minimum absolute atomic E-state index is 0.121. The van der Waals surface area contributed by atoms with Crippen LogP contribution in [0, 0.1) is 3.57 Å². The molecule has 98 valence electrons. The lowest BCUT2D eigenvalue weighted by Gasteiger charge is -2.32. The summed E-state index contributed by atoms with van der Waals surface area (Å²) in [5.41, 5.74) is 0.771. The highest BCUT2D eigenvalue weighted by atomic mass is 127. The van der Waals surface area contributed by atoms with Crippen LogP contribution in [-0.2, 0) is 4.74 Å². The summed E-state index contributed by atoms with van der Waals surface area (Å²) in [5, 5.41) is 0. The third-order valence-corrected chi connectivity index (χ3v) is 3.88. The first-order valence-electron chi connectivity index (χ1n) is 6.37. The van der Waals surface area contributed by atoms with Crippen LogP contribution in [0.25, 0.3) is 0 Å². The molecule has 18 heavy (non-hydrogen) atoms. The molecule has 1 aromatic rings. The number of piperidine rings is 1. The molecule has 1 aliphatic heterocycles. The van der Waals surface area contributed by atoms with Crippen molar-refractivity contribution < 1.29 is 9.53 Å². The second kappa shape index (κ2) is 6.52. The minimum Gasteiger partial charge on any atom is -0.377 e. The van der Waals surface area contributed by atoms with Crippen LogP contribution in [0.3, 0.4) is 0 Å². The Morgan fingerprint density at radius 3 is 2.83 bits per heavy atom. The first-order chi connectivity index (χ1) is 8.70. The molecule has 0 N–H and O–H groups in total. The minimum atomic E-state index is 0.121. The van der Waals surface area contributed by atoms with Crippen molar-refractivity contribution in [3.05, 3.63) is 33.4 Å².